The van der Waals surface area contributed by atoms with Gasteiger partial charge >= 0.3 is 0 Å². The van der Waals surface area contributed by atoms with E-state index in [1.165, 1.54) is 17.7 Å². The Morgan fingerprint density at radius 3 is 2.48 bits per heavy atom. The van der Waals surface area contributed by atoms with Crippen molar-refractivity contribution in [2.75, 3.05) is 18.4 Å². The molecular formula is C22H25FN2O2. The van der Waals surface area contributed by atoms with Crippen LogP contribution in [0.4, 0.5) is 10.1 Å². The third-order valence-corrected chi connectivity index (χ3v) is 5.24. The van der Waals surface area contributed by atoms with Gasteiger partial charge in [0.05, 0.1) is 6.42 Å². The fraction of sp³-hybridized carbons (Fsp3) is 0.364. The van der Waals surface area contributed by atoms with Crippen molar-refractivity contribution in [2.24, 2.45) is 5.92 Å². The number of nitrogens with one attached hydrogen (secondary N) is 1. The molecule has 2 amide bonds. The first-order valence-electron chi connectivity index (χ1n) is 9.32. The van der Waals surface area contributed by atoms with Crippen LogP contribution in [0.25, 0.3) is 0 Å². The Morgan fingerprint density at radius 2 is 1.81 bits per heavy atom. The molecule has 1 heterocycles. The van der Waals surface area contributed by atoms with Crippen LogP contribution in [0.1, 0.15) is 29.5 Å². The van der Waals surface area contributed by atoms with E-state index < -0.39 is 0 Å². The minimum atomic E-state index is -0.331. The van der Waals surface area contributed by atoms with Crippen molar-refractivity contribution in [2.45, 2.75) is 33.1 Å². The van der Waals surface area contributed by atoms with Gasteiger partial charge in [0.1, 0.15) is 5.82 Å². The third kappa shape index (κ3) is 4.94. The zero-order valence-corrected chi connectivity index (χ0v) is 15.8. The molecule has 0 aromatic heterocycles. The summed E-state index contributed by atoms with van der Waals surface area (Å²) in [5.41, 5.74) is 3.82. The average Bonchev–Trinajstić information content (AvgIpc) is 2.65. The standard InChI is InChI=1S/C22H25FN2O2/c1-15-6-7-20(12-16(15)2)24-22(27)18-8-10-25(11-9-18)21(26)14-17-4-3-5-19(23)13-17/h3-7,12-13,18H,8-11,14H2,1-2H3,(H,24,27). The maximum atomic E-state index is 13.3. The van der Waals surface area contributed by atoms with E-state index in [0.717, 1.165) is 11.3 Å². The number of likely N-dealkylation sites (tertiary alicyclic amines) is 1. The maximum Gasteiger partial charge on any atom is 0.227 e. The van der Waals surface area contributed by atoms with Gasteiger partial charge in [-0.1, -0.05) is 18.2 Å². The van der Waals surface area contributed by atoms with E-state index in [0.29, 0.717) is 31.5 Å². The lowest BCUT2D eigenvalue weighted by Gasteiger charge is -2.31. The second-order valence-corrected chi connectivity index (χ2v) is 7.25. The van der Waals surface area contributed by atoms with Crippen molar-refractivity contribution in [3.63, 3.8) is 0 Å². The van der Waals surface area contributed by atoms with Crippen LogP contribution in [0.15, 0.2) is 42.5 Å². The second-order valence-electron chi connectivity index (χ2n) is 7.25. The largest absolute Gasteiger partial charge is 0.342 e. The molecule has 0 atom stereocenters. The highest BCUT2D eigenvalue weighted by Gasteiger charge is 2.27. The van der Waals surface area contributed by atoms with Gasteiger partial charge < -0.3 is 10.2 Å². The number of carbonyl (C=O) groups excluding carboxylic acids is 2. The lowest BCUT2D eigenvalue weighted by Crippen LogP contribution is -2.42. The summed E-state index contributed by atoms with van der Waals surface area (Å²) in [7, 11) is 0. The van der Waals surface area contributed by atoms with Gasteiger partial charge in [0.15, 0.2) is 0 Å². The number of anilines is 1. The SMILES string of the molecule is Cc1ccc(NC(=O)C2CCN(C(=O)Cc3cccc(F)c3)CC2)cc1C. The summed E-state index contributed by atoms with van der Waals surface area (Å²) in [4.78, 5) is 26.7. The number of nitrogens with zero attached hydrogens (tertiary/aromatic N) is 1. The van der Waals surface area contributed by atoms with Crippen LogP contribution in [-0.4, -0.2) is 29.8 Å². The molecule has 0 saturated carbocycles. The van der Waals surface area contributed by atoms with Crippen LogP contribution in [-0.2, 0) is 16.0 Å². The Balaban J connectivity index is 1.51. The number of piperidine rings is 1. The van der Waals surface area contributed by atoms with E-state index in [1.54, 1.807) is 17.0 Å². The first-order valence-corrected chi connectivity index (χ1v) is 9.32. The van der Waals surface area contributed by atoms with E-state index in [4.69, 9.17) is 0 Å². The number of benzene rings is 2. The van der Waals surface area contributed by atoms with Crippen LogP contribution < -0.4 is 5.32 Å². The van der Waals surface area contributed by atoms with Crippen molar-refractivity contribution in [3.05, 3.63) is 65.0 Å². The minimum Gasteiger partial charge on any atom is -0.342 e. The van der Waals surface area contributed by atoms with Crippen molar-refractivity contribution >= 4 is 17.5 Å². The molecule has 2 aromatic carbocycles. The Labute approximate surface area is 159 Å². The van der Waals surface area contributed by atoms with Gasteiger partial charge in [-0.3, -0.25) is 9.59 Å². The predicted molar refractivity (Wildman–Crippen MR) is 104 cm³/mol. The highest BCUT2D eigenvalue weighted by Crippen LogP contribution is 2.21. The van der Waals surface area contributed by atoms with Crippen LogP contribution in [0.3, 0.4) is 0 Å². The Kier molecular flexibility index (Phi) is 5.89. The fourth-order valence-electron chi connectivity index (χ4n) is 3.39. The van der Waals surface area contributed by atoms with E-state index >= 15 is 0 Å². The molecule has 1 aliphatic rings. The van der Waals surface area contributed by atoms with Gasteiger partial charge in [-0.25, -0.2) is 4.39 Å². The zero-order chi connectivity index (χ0) is 19.4. The topological polar surface area (TPSA) is 49.4 Å². The van der Waals surface area contributed by atoms with Crippen molar-refractivity contribution in [1.82, 2.24) is 4.90 Å². The molecule has 3 rings (SSSR count). The van der Waals surface area contributed by atoms with Gasteiger partial charge in [0.2, 0.25) is 11.8 Å². The molecule has 0 spiro atoms. The van der Waals surface area contributed by atoms with Crippen LogP contribution in [0.2, 0.25) is 0 Å². The lowest BCUT2D eigenvalue weighted by atomic mass is 9.95. The lowest BCUT2D eigenvalue weighted by molar-refractivity contribution is -0.133. The summed E-state index contributed by atoms with van der Waals surface area (Å²) in [6, 6.07) is 12.0. The maximum absolute atomic E-state index is 13.3. The van der Waals surface area contributed by atoms with Crippen molar-refractivity contribution in [3.8, 4) is 0 Å². The van der Waals surface area contributed by atoms with E-state index in [9.17, 15) is 14.0 Å². The third-order valence-electron chi connectivity index (χ3n) is 5.24. The quantitative estimate of drug-likeness (QED) is 0.891. The van der Waals surface area contributed by atoms with Gasteiger partial charge in [-0.15, -0.1) is 0 Å². The van der Waals surface area contributed by atoms with Crippen LogP contribution in [0.5, 0.6) is 0 Å². The van der Waals surface area contributed by atoms with E-state index in [1.807, 2.05) is 32.0 Å². The smallest absolute Gasteiger partial charge is 0.227 e. The van der Waals surface area contributed by atoms with Crippen molar-refractivity contribution in [1.29, 1.82) is 0 Å². The zero-order valence-electron chi connectivity index (χ0n) is 15.8. The second kappa shape index (κ2) is 8.33. The number of halogens is 1. The summed E-state index contributed by atoms with van der Waals surface area (Å²) in [6.07, 6.45) is 1.48. The number of hydrogen-bond donors (Lipinski definition) is 1. The summed E-state index contributed by atoms with van der Waals surface area (Å²) in [5, 5.41) is 2.99. The molecule has 0 unspecified atom stereocenters. The van der Waals surface area contributed by atoms with Gasteiger partial charge in [0.25, 0.3) is 0 Å². The monoisotopic (exact) mass is 368 g/mol. The fourth-order valence-corrected chi connectivity index (χ4v) is 3.39. The molecule has 1 aliphatic heterocycles. The normalized spacial score (nSPS) is 14.9. The molecule has 5 heteroatoms. The number of hydrogen-bond acceptors (Lipinski definition) is 2. The average molecular weight is 368 g/mol. The molecule has 1 N–H and O–H groups in total. The summed E-state index contributed by atoms with van der Waals surface area (Å²) < 4.78 is 13.3. The molecule has 0 aliphatic carbocycles. The highest BCUT2D eigenvalue weighted by molar-refractivity contribution is 5.93. The van der Waals surface area contributed by atoms with E-state index in [2.05, 4.69) is 5.32 Å². The summed E-state index contributed by atoms with van der Waals surface area (Å²) in [6.45, 7) is 5.17. The Morgan fingerprint density at radius 1 is 1.07 bits per heavy atom. The van der Waals surface area contributed by atoms with Gasteiger partial charge in [-0.05, 0) is 67.6 Å². The van der Waals surface area contributed by atoms with E-state index in [-0.39, 0.29) is 30.0 Å². The molecule has 27 heavy (non-hydrogen) atoms. The first-order chi connectivity index (χ1) is 12.9. The molecule has 0 radical (unpaired) electrons. The van der Waals surface area contributed by atoms with Gasteiger partial charge in [-0.2, -0.15) is 0 Å². The number of rotatable bonds is 4. The molecule has 142 valence electrons. The molecule has 1 fully saturated rings. The van der Waals surface area contributed by atoms with Gasteiger partial charge in [0, 0.05) is 24.7 Å². The first kappa shape index (κ1) is 19.1. The molecule has 4 nitrogen and oxygen atoms in total. The Bertz CT molecular complexity index is 842. The minimum absolute atomic E-state index is 0.00971. The van der Waals surface area contributed by atoms with Crippen molar-refractivity contribution < 1.29 is 14.0 Å². The molecular weight excluding hydrogens is 343 g/mol. The predicted octanol–water partition coefficient (Wildman–Crippen LogP) is 3.86. The molecule has 0 bridgehead atoms. The number of carbonyl (C=O) groups is 2. The Hall–Kier alpha value is -2.69. The highest BCUT2D eigenvalue weighted by atomic mass is 19.1. The molecule has 1 saturated heterocycles. The summed E-state index contributed by atoms with van der Waals surface area (Å²) in [5.74, 6) is -0.434. The summed E-state index contributed by atoms with van der Waals surface area (Å²) >= 11 is 0. The van der Waals surface area contributed by atoms with Crippen LogP contribution in [0, 0.1) is 25.6 Å². The van der Waals surface area contributed by atoms with Crippen LogP contribution >= 0.6 is 0 Å². The number of amides is 2. The molecule has 2 aromatic rings. The number of aryl methyl sites for hydroxylation is 2.